The van der Waals surface area contributed by atoms with E-state index in [1.165, 1.54) is 38.3 Å². The van der Waals surface area contributed by atoms with Gasteiger partial charge in [-0.2, -0.15) is 5.26 Å². The summed E-state index contributed by atoms with van der Waals surface area (Å²) in [7, 11) is 2.61. The normalized spacial score (nSPS) is 15.2. The SMILES string of the molecule is CC#N.C[n+]1ccn([Si]2(n3cc[n+](C)c3)CCCCC2)c1.[Br-].[Br-]. The maximum absolute atomic E-state index is 7.32. The molecule has 8 heteroatoms. The van der Waals surface area contributed by atoms with Crippen molar-refractivity contribution in [1.82, 2.24) is 8.47 Å². The lowest BCUT2D eigenvalue weighted by atomic mass is 10.3. The molecule has 2 aromatic rings. The number of hydrogen-bond donors (Lipinski definition) is 0. The smallest absolute Gasteiger partial charge is 0.484 e. The predicted octanol–water partition coefficient (Wildman–Crippen LogP) is -4.50. The van der Waals surface area contributed by atoms with Crippen LogP contribution in [0.4, 0.5) is 0 Å². The summed E-state index contributed by atoms with van der Waals surface area (Å²) in [6.07, 6.45) is 17.5. The van der Waals surface area contributed by atoms with E-state index >= 15 is 0 Å². The quantitative estimate of drug-likeness (QED) is 0.327. The first kappa shape index (κ1) is 22.1. The van der Waals surface area contributed by atoms with Gasteiger partial charge in [0.15, 0.2) is 0 Å². The zero-order valence-electron chi connectivity index (χ0n) is 14.0. The summed E-state index contributed by atoms with van der Waals surface area (Å²) < 4.78 is 9.36. The number of aryl methyl sites for hydroxylation is 2. The first-order chi connectivity index (χ1) is 10.1. The molecule has 3 rings (SSSR count). The van der Waals surface area contributed by atoms with Crippen LogP contribution in [0.3, 0.4) is 0 Å². The molecule has 23 heavy (non-hydrogen) atoms. The Morgan fingerprint density at radius 2 is 1.30 bits per heavy atom. The molecule has 5 nitrogen and oxygen atoms in total. The van der Waals surface area contributed by atoms with Crippen molar-refractivity contribution in [3.05, 3.63) is 37.4 Å². The zero-order valence-corrected chi connectivity index (χ0v) is 18.2. The van der Waals surface area contributed by atoms with E-state index < -0.39 is 8.40 Å². The summed E-state index contributed by atoms with van der Waals surface area (Å²) in [5.41, 5.74) is 0. The van der Waals surface area contributed by atoms with Crippen molar-refractivity contribution >= 4 is 8.40 Å². The molecule has 0 radical (unpaired) electrons. The Morgan fingerprint density at radius 3 is 1.61 bits per heavy atom. The summed E-state index contributed by atoms with van der Waals surface area (Å²) in [6.45, 7) is 1.43. The maximum atomic E-state index is 7.32. The Balaban J connectivity index is 0.000000902. The second-order valence-corrected chi connectivity index (χ2v) is 9.74. The second-order valence-electron chi connectivity index (χ2n) is 5.74. The van der Waals surface area contributed by atoms with E-state index in [4.69, 9.17) is 5.26 Å². The highest BCUT2D eigenvalue weighted by Crippen LogP contribution is 2.30. The Labute approximate surface area is 160 Å². The molecule has 128 valence electrons. The largest absolute Gasteiger partial charge is 1.00 e. The van der Waals surface area contributed by atoms with Crippen molar-refractivity contribution in [3.63, 3.8) is 0 Å². The van der Waals surface area contributed by atoms with E-state index in [9.17, 15) is 0 Å². The summed E-state index contributed by atoms with van der Waals surface area (Å²) >= 11 is 0. The van der Waals surface area contributed by atoms with E-state index in [2.05, 4.69) is 69.1 Å². The van der Waals surface area contributed by atoms with Crippen LogP contribution in [0.25, 0.3) is 0 Å². The number of halogens is 2. The third kappa shape index (κ3) is 5.03. The molecule has 1 fully saturated rings. The van der Waals surface area contributed by atoms with Gasteiger partial charge >= 0.3 is 8.40 Å². The van der Waals surface area contributed by atoms with Gasteiger partial charge in [0, 0.05) is 19.0 Å². The van der Waals surface area contributed by atoms with Crippen LogP contribution in [0.1, 0.15) is 26.2 Å². The Kier molecular flexibility index (Phi) is 9.66. The van der Waals surface area contributed by atoms with Gasteiger partial charge in [-0.15, -0.1) is 0 Å². The van der Waals surface area contributed by atoms with Crippen LogP contribution in [0.5, 0.6) is 0 Å². The van der Waals surface area contributed by atoms with Crippen LogP contribution in [-0.4, -0.2) is 16.9 Å². The van der Waals surface area contributed by atoms with E-state index in [1.54, 1.807) is 6.07 Å². The number of imidazole rings is 2. The predicted molar refractivity (Wildman–Crippen MR) is 82.5 cm³/mol. The third-order valence-corrected chi connectivity index (χ3v) is 8.91. The Bertz CT molecular complexity index is 584. The summed E-state index contributed by atoms with van der Waals surface area (Å²) in [5, 5.41) is 7.32. The van der Waals surface area contributed by atoms with Gasteiger partial charge < -0.3 is 34.0 Å². The minimum Gasteiger partial charge on any atom is -1.00 e. The molecule has 0 amide bonds. The summed E-state index contributed by atoms with van der Waals surface area (Å²) in [4.78, 5) is 0. The molecule has 0 aromatic carbocycles. The standard InChI is InChI=1S/C13H22N4Si.C2H3N.2BrH/c1-14-6-8-16(12-14)18(10-4-3-5-11-18)17-9-7-15(2)13-17;1-2-3;;/h6-9,12-13H,3-5,10-11H2,1-2H3;1H3;2*1H/q+2;;;/p-2. The van der Waals surface area contributed by atoms with Gasteiger partial charge in [-0.3, -0.25) is 0 Å². The number of nitrogens with zero attached hydrogens (tertiary/aromatic N) is 5. The molecule has 1 saturated heterocycles. The molecule has 3 heterocycles. The molecule has 0 spiro atoms. The number of hydrogen-bond acceptors (Lipinski definition) is 1. The fraction of sp³-hybridized carbons (Fsp3) is 0.533. The van der Waals surface area contributed by atoms with Crippen LogP contribution < -0.4 is 43.1 Å². The molecule has 0 N–H and O–H groups in total. The van der Waals surface area contributed by atoms with Gasteiger partial charge in [0.1, 0.15) is 24.8 Å². The van der Waals surface area contributed by atoms with E-state index in [1.807, 2.05) is 0 Å². The van der Waals surface area contributed by atoms with Crippen molar-refractivity contribution in [2.45, 2.75) is 38.3 Å². The summed E-state index contributed by atoms with van der Waals surface area (Å²) in [5.74, 6) is 0. The van der Waals surface area contributed by atoms with Crippen molar-refractivity contribution in [3.8, 4) is 6.07 Å². The van der Waals surface area contributed by atoms with Gasteiger partial charge in [0.05, 0.1) is 20.2 Å². The zero-order chi connectivity index (χ0) is 15.3. The molecule has 0 aliphatic carbocycles. The molecule has 1 aliphatic heterocycles. The molecular weight excluding hydrogens is 438 g/mol. The highest BCUT2D eigenvalue weighted by molar-refractivity contribution is 6.76. The fourth-order valence-electron chi connectivity index (χ4n) is 3.16. The van der Waals surface area contributed by atoms with Crippen LogP contribution in [-0.2, 0) is 14.1 Å². The van der Waals surface area contributed by atoms with Crippen molar-refractivity contribution in [2.24, 2.45) is 14.1 Å². The molecular formula is C15H25Br2N5Si. The minimum atomic E-state index is -1.60. The molecule has 2 aromatic heterocycles. The first-order valence-electron chi connectivity index (χ1n) is 7.50. The average molecular weight is 463 g/mol. The lowest BCUT2D eigenvalue weighted by Crippen LogP contribution is -3.00. The van der Waals surface area contributed by atoms with Crippen molar-refractivity contribution in [2.75, 3.05) is 0 Å². The average Bonchev–Trinajstić information content (AvgIpc) is 3.10. The van der Waals surface area contributed by atoms with Gasteiger partial charge in [0.2, 0.25) is 12.7 Å². The number of aromatic nitrogens is 4. The fourth-order valence-corrected chi connectivity index (χ4v) is 7.82. The number of rotatable bonds is 2. The summed E-state index contributed by atoms with van der Waals surface area (Å²) in [6, 6.07) is 4.46. The lowest BCUT2D eigenvalue weighted by Gasteiger charge is -2.26. The van der Waals surface area contributed by atoms with E-state index in [-0.39, 0.29) is 34.0 Å². The number of nitriles is 1. The topological polar surface area (TPSA) is 41.4 Å². The Morgan fingerprint density at radius 1 is 0.913 bits per heavy atom. The maximum Gasteiger partial charge on any atom is 0.484 e. The van der Waals surface area contributed by atoms with Crippen LogP contribution in [0, 0.1) is 11.3 Å². The van der Waals surface area contributed by atoms with Gasteiger partial charge in [-0.1, -0.05) is 6.42 Å². The third-order valence-electron chi connectivity index (χ3n) is 4.15. The van der Waals surface area contributed by atoms with E-state index in [0.29, 0.717) is 0 Å². The second kappa shape index (κ2) is 10.1. The Hall–Kier alpha value is -0.913. The lowest BCUT2D eigenvalue weighted by molar-refractivity contribution is -0.670. The van der Waals surface area contributed by atoms with Crippen LogP contribution in [0.15, 0.2) is 37.4 Å². The van der Waals surface area contributed by atoms with Crippen molar-refractivity contribution < 1.29 is 43.1 Å². The monoisotopic (exact) mass is 461 g/mol. The van der Waals surface area contributed by atoms with Gasteiger partial charge in [-0.05, 0) is 12.8 Å². The highest BCUT2D eigenvalue weighted by Gasteiger charge is 2.51. The molecule has 0 bridgehead atoms. The van der Waals surface area contributed by atoms with Gasteiger partial charge in [0.25, 0.3) is 0 Å². The van der Waals surface area contributed by atoms with Crippen molar-refractivity contribution in [1.29, 1.82) is 5.26 Å². The van der Waals surface area contributed by atoms with Gasteiger partial charge in [-0.25, -0.2) is 17.6 Å². The molecule has 0 unspecified atom stereocenters. The first-order valence-corrected chi connectivity index (χ1v) is 9.81. The van der Waals surface area contributed by atoms with Crippen LogP contribution in [0.2, 0.25) is 12.1 Å². The molecule has 1 aliphatic rings. The van der Waals surface area contributed by atoms with E-state index in [0.717, 1.165) is 0 Å². The van der Waals surface area contributed by atoms with Crippen LogP contribution >= 0.6 is 0 Å². The molecule has 0 atom stereocenters. The molecule has 0 saturated carbocycles. The minimum absolute atomic E-state index is 0. The highest BCUT2D eigenvalue weighted by atomic mass is 79.9.